The molecule has 16 heavy (non-hydrogen) atoms. The molecule has 0 radical (unpaired) electrons. The number of carbonyl (C=O) groups is 1. The highest BCUT2D eigenvalue weighted by atomic mass is 19.4. The number of aromatic nitrogens is 1. The van der Waals surface area contributed by atoms with Gasteiger partial charge in [-0.15, -0.1) is 0 Å². The standard InChI is InChI=1S/C10H8F3NO2/c11-10(12,13)8-4-6(9(15)16)5-2-1-3-7(5)14-8/h4H,1-3H2,(H,15,16). The minimum absolute atomic E-state index is 0.269. The fourth-order valence-electron chi connectivity index (χ4n) is 1.88. The molecule has 2 rings (SSSR count). The molecule has 1 aromatic rings. The van der Waals surface area contributed by atoms with Crippen LogP contribution in [0.4, 0.5) is 13.2 Å². The van der Waals surface area contributed by atoms with Crippen molar-refractivity contribution in [2.45, 2.75) is 25.4 Å². The van der Waals surface area contributed by atoms with Crippen molar-refractivity contribution in [1.29, 1.82) is 0 Å². The van der Waals surface area contributed by atoms with E-state index in [1.54, 1.807) is 0 Å². The predicted octanol–water partition coefficient (Wildman–Crippen LogP) is 2.29. The van der Waals surface area contributed by atoms with E-state index in [4.69, 9.17) is 5.11 Å². The van der Waals surface area contributed by atoms with Crippen molar-refractivity contribution < 1.29 is 23.1 Å². The molecule has 0 saturated heterocycles. The zero-order valence-corrected chi connectivity index (χ0v) is 8.14. The average Bonchev–Trinajstić information content (AvgIpc) is 2.61. The summed E-state index contributed by atoms with van der Waals surface area (Å²) in [5, 5.41) is 8.84. The molecule has 0 bridgehead atoms. The molecular formula is C10H8F3NO2. The van der Waals surface area contributed by atoms with Gasteiger partial charge in [-0.1, -0.05) is 0 Å². The van der Waals surface area contributed by atoms with Gasteiger partial charge in [0.25, 0.3) is 0 Å². The highest BCUT2D eigenvalue weighted by molar-refractivity contribution is 5.90. The number of nitrogens with zero attached hydrogens (tertiary/aromatic N) is 1. The second kappa shape index (κ2) is 3.47. The number of aryl methyl sites for hydroxylation is 1. The van der Waals surface area contributed by atoms with Gasteiger partial charge in [0, 0.05) is 5.69 Å². The molecule has 0 atom stereocenters. The summed E-state index contributed by atoms with van der Waals surface area (Å²) in [7, 11) is 0. The highest BCUT2D eigenvalue weighted by Crippen LogP contribution is 2.32. The first-order valence-electron chi connectivity index (χ1n) is 4.73. The van der Waals surface area contributed by atoms with Gasteiger partial charge in [-0.3, -0.25) is 0 Å². The molecule has 0 saturated carbocycles. The van der Waals surface area contributed by atoms with E-state index in [2.05, 4.69) is 4.98 Å². The number of alkyl halides is 3. The SMILES string of the molecule is O=C(O)c1cc(C(F)(F)F)nc2c1CCC2. The number of aromatic carboxylic acids is 1. The van der Waals surface area contributed by atoms with E-state index >= 15 is 0 Å². The van der Waals surface area contributed by atoms with Crippen molar-refractivity contribution in [3.8, 4) is 0 Å². The van der Waals surface area contributed by atoms with Crippen LogP contribution in [0.5, 0.6) is 0 Å². The lowest BCUT2D eigenvalue weighted by Crippen LogP contribution is -2.13. The molecule has 1 aliphatic carbocycles. The number of pyridine rings is 1. The monoisotopic (exact) mass is 231 g/mol. The van der Waals surface area contributed by atoms with Crippen molar-refractivity contribution in [3.63, 3.8) is 0 Å². The Kier molecular flexibility index (Phi) is 2.36. The van der Waals surface area contributed by atoms with Gasteiger partial charge in [-0.25, -0.2) is 9.78 Å². The van der Waals surface area contributed by atoms with Gasteiger partial charge in [-0.2, -0.15) is 13.2 Å². The number of rotatable bonds is 1. The third-order valence-corrected chi connectivity index (χ3v) is 2.57. The van der Waals surface area contributed by atoms with Crippen LogP contribution in [0.15, 0.2) is 6.07 Å². The topological polar surface area (TPSA) is 50.2 Å². The number of fused-ring (bicyclic) bond motifs is 1. The molecule has 0 fully saturated rings. The molecule has 1 heterocycles. The van der Waals surface area contributed by atoms with Crippen LogP contribution in [0, 0.1) is 0 Å². The van der Waals surface area contributed by atoms with Gasteiger partial charge in [0.1, 0.15) is 5.69 Å². The van der Waals surface area contributed by atoms with Crippen LogP contribution >= 0.6 is 0 Å². The normalized spacial score (nSPS) is 14.9. The Balaban J connectivity index is 2.61. The summed E-state index contributed by atoms with van der Waals surface area (Å²) in [5.74, 6) is -1.33. The number of hydrogen-bond acceptors (Lipinski definition) is 2. The lowest BCUT2D eigenvalue weighted by Gasteiger charge is -2.10. The molecule has 0 aliphatic heterocycles. The summed E-state index contributed by atoms with van der Waals surface area (Å²) in [5.41, 5.74) is -0.673. The van der Waals surface area contributed by atoms with Gasteiger partial charge in [0.05, 0.1) is 5.56 Å². The predicted molar refractivity (Wildman–Crippen MR) is 48.2 cm³/mol. The minimum atomic E-state index is -4.60. The van der Waals surface area contributed by atoms with Crippen LogP contribution in [0.2, 0.25) is 0 Å². The summed E-state index contributed by atoms with van der Waals surface area (Å²) in [6, 6.07) is 0.618. The van der Waals surface area contributed by atoms with Crippen molar-refractivity contribution in [3.05, 3.63) is 28.6 Å². The van der Waals surface area contributed by atoms with Crippen LogP contribution in [0.1, 0.15) is 33.7 Å². The van der Waals surface area contributed by atoms with Gasteiger partial charge >= 0.3 is 12.1 Å². The van der Waals surface area contributed by atoms with E-state index in [9.17, 15) is 18.0 Å². The quantitative estimate of drug-likeness (QED) is 0.806. The molecule has 0 aromatic carbocycles. The number of hydrogen-bond donors (Lipinski definition) is 1. The molecule has 3 nitrogen and oxygen atoms in total. The first-order valence-corrected chi connectivity index (χ1v) is 4.73. The van der Waals surface area contributed by atoms with Crippen molar-refractivity contribution in [2.75, 3.05) is 0 Å². The maximum atomic E-state index is 12.4. The summed E-state index contributed by atoms with van der Waals surface area (Å²) in [4.78, 5) is 14.3. The lowest BCUT2D eigenvalue weighted by atomic mass is 10.1. The summed E-state index contributed by atoms with van der Waals surface area (Å²) in [6.45, 7) is 0. The molecule has 0 amide bonds. The number of halogens is 3. The molecule has 0 unspecified atom stereocenters. The van der Waals surface area contributed by atoms with E-state index in [1.165, 1.54) is 0 Å². The van der Waals surface area contributed by atoms with Crippen LogP contribution < -0.4 is 0 Å². The number of carboxylic acid groups (broad SMARTS) is 1. The van der Waals surface area contributed by atoms with Crippen LogP contribution in [-0.4, -0.2) is 16.1 Å². The maximum absolute atomic E-state index is 12.4. The fraction of sp³-hybridized carbons (Fsp3) is 0.400. The summed E-state index contributed by atoms with van der Waals surface area (Å²) < 4.78 is 37.3. The summed E-state index contributed by atoms with van der Waals surface area (Å²) >= 11 is 0. The molecule has 0 spiro atoms. The third kappa shape index (κ3) is 1.75. The molecule has 6 heteroatoms. The van der Waals surface area contributed by atoms with E-state index in [0.717, 1.165) is 0 Å². The Morgan fingerprint density at radius 2 is 2.06 bits per heavy atom. The van der Waals surface area contributed by atoms with Crippen molar-refractivity contribution in [1.82, 2.24) is 4.98 Å². The number of carboxylic acids is 1. The average molecular weight is 231 g/mol. The van der Waals surface area contributed by atoms with Crippen LogP contribution in [-0.2, 0) is 19.0 Å². The third-order valence-electron chi connectivity index (χ3n) is 2.57. The second-order valence-corrected chi connectivity index (χ2v) is 3.64. The zero-order valence-electron chi connectivity index (χ0n) is 8.14. The van der Waals surface area contributed by atoms with Gasteiger partial charge in [0.2, 0.25) is 0 Å². The van der Waals surface area contributed by atoms with E-state index in [1.807, 2.05) is 0 Å². The highest BCUT2D eigenvalue weighted by Gasteiger charge is 2.35. The molecule has 1 aliphatic rings. The van der Waals surface area contributed by atoms with Crippen molar-refractivity contribution in [2.24, 2.45) is 0 Å². The molecule has 1 N–H and O–H groups in total. The Labute approximate surface area is 88.9 Å². The molecule has 1 aromatic heterocycles. The Morgan fingerprint density at radius 1 is 1.38 bits per heavy atom. The largest absolute Gasteiger partial charge is 0.478 e. The summed E-state index contributed by atoms with van der Waals surface area (Å²) in [6.07, 6.45) is -3.03. The van der Waals surface area contributed by atoms with E-state index < -0.39 is 17.8 Å². The Bertz CT molecular complexity index is 454. The molecule has 86 valence electrons. The van der Waals surface area contributed by atoms with Gasteiger partial charge < -0.3 is 5.11 Å². The molecular weight excluding hydrogens is 223 g/mol. The zero-order chi connectivity index (χ0) is 11.9. The first-order chi connectivity index (χ1) is 7.39. The van der Waals surface area contributed by atoms with Crippen LogP contribution in [0.3, 0.4) is 0 Å². The minimum Gasteiger partial charge on any atom is -0.478 e. The lowest BCUT2D eigenvalue weighted by molar-refractivity contribution is -0.141. The van der Waals surface area contributed by atoms with Crippen LogP contribution in [0.25, 0.3) is 0 Å². The Morgan fingerprint density at radius 3 is 2.62 bits per heavy atom. The Hall–Kier alpha value is -1.59. The van der Waals surface area contributed by atoms with Gasteiger partial charge in [-0.05, 0) is 30.9 Å². The second-order valence-electron chi connectivity index (χ2n) is 3.64. The first kappa shape index (κ1) is 10.9. The maximum Gasteiger partial charge on any atom is 0.433 e. The van der Waals surface area contributed by atoms with E-state index in [-0.39, 0.29) is 11.3 Å². The van der Waals surface area contributed by atoms with Crippen molar-refractivity contribution >= 4 is 5.97 Å². The van der Waals surface area contributed by atoms with E-state index in [0.29, 0.717) is 30.9 Å². The smallest absolute Gasteiger partial charge is 0.433 e. The fourth-order valence-corrected chi connectivity index (χ4v) is 1.88. The van der Waals surface area contributed by atoms with Gasteiger partial charge in [0.15, 0.2) is 0 Å².